The summed E-state index contributed by atoms with van der Waals surface area (Å²) >= 11 is 3.04. The molecule has 0 unspecified atom stereocenters. The first-order valence-corrected chi connectivity index (χ1v) is 5.36. The second kappa shape index (κ2) is 3.49. The Morgan fingerprint density at radius 2 is 2.17 bits per heavy atom. The van der Waals surface area contributed by atoms with Crippen LogP contribution >= 0.6 is 15.9 Å². The summed E-state index contributed by atoms with van der Waals surface area (Å²) < 4.78 is 33.0. The molecule has 0 aliphatic heterocycles. The molecule has 12 heavy (non-hydrogen) atoms. The Balaban J connectivity index is 2.91. The first-order chi connectivity index (χ1) is 5.47. The topological polar surface area (TPSA) is 47.0 Å². The lowest BCUT2D eigenvalue weighted by atomic mass is 10.4. The number of rotatable bonds is 2. The predicted molar refractivity (Wildman–Crippen MR) is 45.7 cm³/mol. The van der Waals surface area contributed by atoms with E-state index in [1.165, 1.54) is 6.07 Å². The molecule has 3 nitrogen and oxygen atoms in total. The van der Waals surface area contributed by atoms with Crippen LogP contribution in [0, 0.1) is 0 Å². The van der Waals surface area contributed by atoms with Crippen LogP contribution < -0.4 is 0 Å². The summed E-state index contributed by atoms with van der Waals surface area (Å²) in [5.74, 6) is -0.674. The van der Waals surface area contributed by atoms with Gasteiger partial charge in [-0.3, -0.25) is 0 Å². The van der Waals surface area contributed by atoms with Crippen LogP contribution in [0.4, 0.5) is 3.89 Å². The molecule has 1 rings (SSSR count). The van der Waals surface area contributed by atoms with E-state index < -0.39 is 16.0 Å². The normalized spacial score (nSPS) is 11.5. The maximum absolute atomic E-state index is 12.1. The predicted octanol–water partition coefficient (Wildman–Crippen LogP) is 1.64. The largest absolute Gasteiger partial charge is 0.308 e. The number of nitrogens with zero attached hydrogens (tertiary/aromatic N) is 1. The zero-order valence-corrected chi connectivity index (χ0v) is 8.27. The molecule has 0 aliphatic carbocycles. The van der Waals surface area contributed by atoms with E-state index in [4.69, 9.17) is 0 Å². The molecule has 0 radical (unpaired) electrons. The van der Waals surface area contributed by atoms with Crippen molar-refractivity contribution in [2.75, 3.05) is 0 Å². The van der Waals surface area contributed by atoms with Gasteiger partial charge in [-0.15, -0.1) is 3.89 Å². The third kappa shape index (κ3) is 3.27. The molecule has 6 heteroatoms. The molecule has 0 bridgehead atoms. The highest BCUT2D eigenvalue weighted by atomic mass is 79.9. The van der Waals surface area contributed by atoms with E-state index in [1.807, 2.05) is 0 Å². The summed E-state index contributed by atoms with van der Waals surface area (Å²) in [5.41, 5.74) is 0.187. The van der Waals surface area contributed by atoms with Crippen molar-refractivity contribution < 1.29 is 12.3 Å². The van der Waals surface area contributed by atoms with Crippen molar-refractivity contribution in [2.24, 2.45) is 0 Å². The molecule has 0 aromatic carbocycles. The highest BCUT2D eigenvalue weighted by Crippen LogP contribution is 2.09. The number of halogens is 2. The quantitative estimate of drug-likeness (QED) is 0.595. The fraction of sp³-hybridized carbons (Fsp3) is 0.167. The van der Waals surface area contributed by atoms with Crippen LogP contribution in [0.5, 0.6) is 0 Å². The summed E-state index contributed by atoms with van der Waals surface area (Å²) in [7, 11) is -4.48. The lowest BCUT2D eigenvalue weighted by molar-refractivity contribution is 0.550. The van der Waals surface area contributed by atoms with Gasteiger partial charge in [-0.1, -0.05) is 6.07 Å². The third-order valence-electron chi connectivity index (χ3n) is 1.09. The van der Waals surface area contributed by atoms with E-state index in [1.54, 1.807) is 12.1 Å². The van der Waals surface area contributed by atoms with Crippen molar-refractivity contribution in [1.82, 2.24) is 4.98 Å². The molecule has 0 fully saturated rings. The second-order valence-corrected chi connectivity index (χ2v) is 4.31. The van der Waals surface area contributed by atoms with E-state index >= 15 is 0 Å². The number of hydrogen-bond donors (Lipinski definition) is 0. The highest BCUT2D eigenvalue weighted by Gasteiger charge is 2.09. The Morgan fingerprint density at radius 1 is 1.50 bits per heavy atom. The minimum absolute atomic E-state index is 0.187. The van der Waals surface area contributed by atoms with Crippen molar-refractivity contribution >= 4 is 26.2 Å². The Morgan fingerprint density at radius 3 is 2.67 bits per heavy atom. The minimum atomic E-state index is -4.48. The van der Waals surface area contributed by atoms with Gasteiger partial charge in [0.15, 0.2) is 0 Å². The standard InChI is InChI=1S/C6H5BrFNO2S/c7-6-3-1-2-5(9-6)4-12(8,10)11/h1-3H,4H2. The minimum Gasteiger partial charge on any atom is -0.245 e. The van der Waals surface area contributed by atoms with Gasteiger partial charge in [0.1, 0.15) is 10.4 Å². The molecule has 0 amide bonds. The van der Waals surface area contributed by atoms with Crippen LogP contribution in [0.25, 0.3) is 0 Å². The van der Waals surface area contributed by atoms with Crippen molar-refractivity contribution in [3.05, 3.63) is 28.5 Å². The molecular formula is C6H5BrFNO2S. The number of pyridine rings is 1. The van der Waals surface area contributed by atoms with Gasteiger partial charge in [0, 0.05) is 0 Å². The van der Waals surface area contributed by atoms with Gasteiger partial charge >= 0.3 is 10.2 Å². The SMILES string of the molecule is O=S(=O)(F)Cc1cccc(Br)n1. The van der Waals surface area contributed by atoms with Gasteiger partial charge in [0.25, 0.3) is 0 Å². The third-order valence-corrected chi connectivity index (χ3v) is 2.18. The smallest absolute Gasteiger partial charge is 0.245 e. The van der Waals surface area contributed by atoms with Crippen molar-refractivity contribution in [2.45, 2.75) is 5.75 Å². The molecule has 1 aromatic heterocycles. The van der Waals surface area contributed by atoms with Gasteiger partial charge in [0.2, 0.25) is 0 Å². The zero-order chi connectivity index (χ0) is 9.19. The fourth-order valence-electron chi connectivity index (χ4n) is 0.707. The van der Waals surface area contributed by atoms with Crippen LogP contribution in [0.1, 0.15) is 5.69 Å². The van der Waals surface area contributed by atoms with Gasteiger partial charge in [-0.05, 0) is 28.1 Å². The van der Waals surface area contributed by atoms with E-state index in [2.05, 4.69) is 20.9 Å². The maximum Gasteiger partial charge on any atom is 0.308 e. The zero-order valence-electron chi connectivity index (χ0n) is 5.87. The highest BCUT2D eigenvalue weighted by molar-refractivity contribution is 9.10. The van der Waals surface area contributed by atoms with E-state index in [9.17, 15) is 12.3 Å². The molecule has 0 saturated heterocycles. The first-order valence-electron chi connectivity index (χ1n) is 3.01. The van der Waals surface area contributed by atoms with Gasteiger partial charge in [-0.2, -0.15) is 8.42 Å². The van der Waals surface area contributed by atoms with Crippen LogP contribution in [-0.4, -0.2) is 13.4 Å². The monoisotopic (exact) mass is 253 g/mol. The molecule has 0 N–H and O–H groups in total. The lowest BCUT2D eigenvalue weighted by Crippen LogP contribution is -1.98. The maximum atomic E-state index is 12.1. The van der Waals surface area contributed by atoms with E-state index in [0.717, 1.165) is 0 Å². The number of aromatic nitrogens is 1. The summed E-state index contributed by atoms with van der Waals surface area (Å²) in [6.07, 6.45) is 0. The van der Waals surface area contributed by atoms with Crippen LogP contribution in [0.15, 0.2) is 22.8 Å². The van der Waals surface area contributed by atoms with Crippen LogP contribution in [-0.2, 0) is 16.0 Å². The Hall–Kier alpha value is -0.490. The first kappa shape index (κ1) is 9.60. The van der Waals surface area contributed by atoms with Crippen molar-refractivity contribution in [1.29, 1.82) is 0 Å². The number of hydrogen-bond acceptors (Lipinski definition) is 3. The Kier molecular flexibility index (Phi) is 2.79. The summed E-state index contributed by atoms with van der Waals surface area (Å²) in [6, 6.07) is 4.67. The average Bonchev–Trinajstić information content (AvgIpc) is 1.82. The summed E-state index contributed by atoms with van der Waals surface area (Å²) in [4.78, 5) is 3.76. The Labute approximate surface area is 78.0 Å². The molecule has 0 atom stereocenters. The molecule has 1 heterocycles. The molecule has 0 saturated carbocycles. The van der Waals surface area contributed by atoms with Gasteiger partial charge in [0.05, 0.1) is 5.69 Å². The van der Waals surface area contributed by atoms with E-state index in [0.29, 0.717) is 4.60 Å². The average molecular weight is 254 g/mol. The van der Waals surface area contributed by atoms with Gasteiger partial charge in [-0.25, -0.2) is 4.98 Å². The Bertz CT molecular complexity index is 379. The molecular weight excluding hydrogens is 249 g/mol. The lowest BCUT2D eigenvalue weighted by Gasteiger charge is -1.95. The fourth-order valence-corrected chi connectivity index (χ4v) is 1.60. The molecule has 0 spiro atoms. The molecule has 0 aliphatic rings. The molecule has 1 aromatic rings. The van der Waals surface area contributed by atoms with Crippen molar-refractivity contribution in [3.63, 3.8) is 0 Å². The van der Waals surface area contributed by atoms with Gasteiger partial charge < -0.3 is 0 Å². The summed E-state index contributed by atoms with van der Waals surface area (Å²) in [5, 5.41) is 0. The second-order valence-electron chi connectivity index (χ2n) is 2.13. The van der Waals surface area contributed by atoms with E-state index in [-0.39, 0.29) is 5.69 Å². The molecule has 66 valence electrons. The van der Waals surface area contributed by atoms with Crippen molar-refractivity contribution in [3.8, 4) is 0 Å². The summed E-state index contributed by atoms with van der Waals surface area (Å²) in [6.45, 7) is 0. The van der Waals surface area contributed by atoms with Crippen LogP contribution in [0.3, 0.4) is 0 Å². The van der Waals surface area contributed by atoms with Crippen LogP contribution in [0.2, 0.25) is 0 Å².